The summed E-state index contributed by atoms with van der Waals surface area (Å²) < 4.78 is 14.9. The average Bonchev–Trinajstić information content (AvgIpc) is 2.62. The summed E-state index contributed by atoms with van der Waals surface area (Å²) in [7, 11) is 0. The van der Waals surface area contributed by atoms with Crippen LogP contribution in [0.25, 0.3) is 0 Å². The first-order valence-electron chi connectivity index (χ1n) is 4.69. The van der Waals surface area contributed by atoms with E-state index >= 15 is 0 Å². The highest BCUT2D eigenvalue weighted by molar-refractivity contribution is 5.75. The Labute approximate surface area is 77.5 Å². The van der Waals surface area contributed by atoms with Crippen LogP contribution in [-0.2, 0) is 0 Å². The molecule has 0 unspecified atom stereocenters. The zero-order chi connectivity index (χ0) is 9.10. The number of benzene rings is 1. The summed E-state index contributed by atoms with van der Waals surface area (Å²) in [4.78, 5) is 0. The van der Waals surface area contributed by atoms with Crippen LogP contribution in [0.15, 0.2) is 24.3 Å². The van der Waals surface area contributed by atoms with Gasteiger partial charge in [0.25, 0.3) is 0 Å². The van der Waals surface area contributed by atoms with Crippen molar-refractivity contribution in [3.05, 3.63) is 35.6 Å². The maximum absolute atomic E-state index is 12.6. The molecule has 1 saturated heterocycles. The second-order valence-electron chi connectivity index (χ2n) is 3.42. The van der Waals surface area contributed by atoms with E-state index < -0.39 is 0 Å². The molecule has 1 aliphatic heterocycles. The molecule has 0 aliphatic carbocycles. The lowest BCUT2D eigenvalue weighted by atomic mass is 10.2. The summed E-state index contributed by atoms with van der Waals surface area (Å²) in [6.45, 7) is 2.27. The molecule has 13 heavy (non-hydrogen) atoms. The van der Waals surface area contributed by atoms with Crippen LogP contribution < -0.4 is 0 Å². The van der Waals surface area contributed by atoms with E-state index in [1.54, 1.807) is 0 Å². The van der Waals surface area contributed by atoms with Crippen molar-refractivity contribution in [2.45, 2.75) is 12.8 Å². The van der Waals surface area contributed by atoms with E-state index in [4.69, 9.17) is 0 Å². The van der Waals surface area contributed by atoms with Gasteiger partial charge in [0.1, 0.15) is 18.9 Å². The lowest BCUT2D eigenvalue weighted by molar-refractivity contribution is -0.500. The Bertz CT molecular complexity index is 305. The lowest BCUT2D eigenvalue weighted by Gasteiger charge is -1.93. The molecule has 1 nitrogen and oxygen atoms in total. The zero-order valence-electron chi connectivity index (χ0n) is 7.54. The Morgan fingerprint density at radius 2 is 1.69 bits per heavy atom. The predicted octanol–water partition coefficient (Wildman–Crippen LogP) is 2.05. The van der Waals surface area contributed by atoms with E-state index in [1.165, 1.54) is 25.0 Å². The normalized spacial score (nSPS) is 16.2. The molecule has 1 aromatic rings. The monoisotopic (exact) mass is 178 g/mol. The van der Waals surface area contributed by atoms with E-state index in [0.29, 0.717) is 0 Å². The topological polar surface area (TPSA) is 3.01 Å². The quantitative estimate of drug-likeness (QED) is 0.579. The molecule has 0 aromatic heterocycles. The van der Waals surface area contributed by atoms with Gasteiger partial charge in [-0.3, -0.25) is 0 Å². The zero-order valence-corrected chi connectivity index (χ0v) is 7.54. The minimum atomic E-state index is -0.168. The first kappa shape index (κ1) is 8.42. The third kappa shape index (κ3) is 2.14. The van der Waals surface area contributed by atoms with Crippen molar-refractivity contribution in [1.29, 1.82) is 0 Å². The van der Waals surface area contributed by atoms with E-state index in [0.717, 1.165) is 18.7 Å². The molecular formula is C11H13FN+. The maximum Gasteiger partial charge on any atom is 0.170 e. The SMILES string of the molecule is Fc1ccc(C=[N+]2CCCC2)cc1. The van der Waals surface area contributed by atoms with Crippen LogP contribution in [0.1, 0.15) is 18.4 Å². The fourth-order valence-electron chi connectivity index (χ4n) is 1.63. The Morgan fingerprint density at radius 3 is 2.31 bits per heavy atom. The van der Waals surface area contributed by atoms with Crippen molar-refractivity contribution in [2.75, 3.05) is 13.1 Å². The predicted molar refractivity (Wildman–Crippen MR) is 50.8 cm³/mol. The Morgan fingerprint density at radius 1 is 1.08 bits per heavy atom. The molecule has 0 bridgehead atoms. The summed E-state index contributed by atoms with van der Waals surface area (Å²) >= 11 is 0. The number of halogens is 1. The first-order chi connectivity index (χ1) is 6.34. The maximum atomic E-state index is 12.6. The van der Waals surface area contributed by atoms with Gasteiger partial charge in [-0.1, -0.05) is 0 Å². The Hall–Kier alpha value is -1.18. The Balaban J connectivity index is 2.17. The van der Waals surface area contributed by atoms with Crippen molar-refractivity contribution >= 4 is 6.21 Å². The molecule has 0 saturated carbocycles. The molecule has 0 spiro atoms. The highest BCUT2D eigenvalue weighted by Crippen LogP contribution is 2.04. The van der Waals surface area contributed by atoms with Crippen LogP contribution in [0.4, 0.5) is 4.39 Å². The summed E-state index contributed by atoms with van der Waals surface area (Å²) in [5.41, 5.74) is 1.09. The van der Waals surface area contributed by atoms with Gasteiger partial charge >= 0.3 is 0 Å². The number of hydrogen-bond acceptors (Lipinski definition) is 0. The van der Waals surface area contributed by atoms with Gasteiger partial charge in [0.15, 0.2) is 6.21 Å². The largest absolute Gasteiger partial charge is 0.236 e. The molecule has 1 heterocycles. The second-order valence-corrected chi connectivity index (χ2v) is 3.42. The minimum Gasteiger partial charge on any atom is -0.236 e. The van der Waals surface area contributed by atoms with Crippen molar-refractivity contribution in [2.24, 2.45) is 0 Å². The minimum absolute atomic E-state index is 0.168. The molecule has 0 atom stereocenters. The van der Waals surface area contributed by atoms with E-state index in [-0.39, 0.29) is 5.82 Å². The highest BCUT2D eigenvalue weighted by Gasteiger charge is 2.11. The van der Waals surface area contributed by atoms with Crippen LogP contribution in [0.5, 0.6) is 0 Å². The summed E-state index contributed by atoms with van der Waals surface area (Å²) in [6, 6.07) is 6.63. The molecule has 2 rings (SSSR count). The highest BCUT2D eigenvalue weighted by atomic mass is 19.1. The summed E-state index contributed by atoms with van der Waals surface area (Å²) in [5, 5.41) is 0. The van der Waals surface area contributed by atoms with Gasteiger partial charge in [-0.2, -0.15) is 0 Å². The molecular weight excluding hydrogens is 165 g/mol. The smallest absolute Gasteiger partial charge is 0.170 e. The molecule has 2 heteroatoms. The van der Waals surface area contributed by atoms with Crippen LogP contribution in [0.3, 0.4) is 0 Å². The third-order valence-corrected chi connectivity index (χ3v) is 2.34. The van der Waals surface area contributed by atoms with Crippen molar-refractivity contribution in [3.63, 3.8) is 0 Å². The average molecular weight is 178 g/mol. The Kier molecular flexibility index (Phi) is 2.39. The van der Waals surface area contributed by atoms with Gasteiger partial charge in [-0.05, 0) is 24.3 Å². The van der Waals surface area contributed by atoms with Crippen LogP contribution in [0.2, 0.25) is 0 Å². The number of rotatable bonds is 1. The molecule has 1 fully saturated rings. The second kappa shape index (κ2) is 3.69. The molecule has 0 radical (unpaired) electrons. The van der Waals surface area contributed by atoms with Crippen molar-refractivity contribution < 1.29 is 8.97 Å². The summed E-state index contributed by atoms with van der Waals surface area (Å²) in [6.07, 6.45) is 4.65. The molecule has 0 amide bonds. The summed E-state index contributed by atoms with van der Waals surface area (Å²) in [5.74, 6) is -0.168. The van der Waals surface area contributed by atoms with Gasteiger partial charge in [-0.15, -0.1) is 0 Å². The van der Waals surface area contributed by atoms with Crippen molar-refractivity contribution in [1.82, 2.24) is 0 Å². The lowest BCUT2D eigenvalue weighted by Crippen LogP contribution is -2.07. The fourth-order valence-corrected chi connectivity index (χ4v) is 1.63. The molecule has 1 aromatic carbocycles. The van der Waals surface area contributed by atoms with Gasteiger partial charge in [0, 0.05) is 18.4 Å². The van der Waals surface area contributed by atoms with Crippen molar-refractivity contribution in [3.8, 4) is 0 Å². The molecule has 1 aliphatic rings. The molecule has 68 valence electrons. The third-order valence-electron chi connectivity index (χ3n) is 2.34. The van der Waals surface area contributed by atoms with E-state index in [2.05, 4.69) is 10.8 Å². The van der Waals surface area contributed by atoms with Gasteiger partial charge in [0.2, 0.25) is 0 Å². The number of hydrogen-bond donors (Lipinski definition) is 0. The van der Waals surface area contributed by atoms with E-state index in [1.807, 2.05) is 12.1 Å². The number of nitrogens with zero attached hydrogens (tertiary/aromatic N) is 1. The molecule has 0 N–H and O–H groups in total. The van der Waals surface area contributed by atoms with Gasteiger partial charge < -0.3 is 0 Å². The van der Waals surface area contributed by atoms with E-state index in [9.17, 15) is 4.39 Å². The fraction of sp³-hybridized carbons (Fsp3) is 0.364. The first-order valence-corrected chi connectivity index (χ1v) is 4.69. The van der Waals surface area contributed by atoms with Gasteiger partial charge in [0.05, 0.1) is 0 Å². The standard InChI is InChI=1S/C11H13FN/c12-11-5-3-10(4-6-11)9-13-7-1-2-8-13/h3-6,9H,1-2,7-8H2/q+1. The van der Waals surface area contributed by atoms with Crippen LogP contribution >= 0.6 is 0 Å². The van der Waals surface area contributed by atoms with Crippen LogP contribution in [0, 0.1) is 5.82 Å². The van der Waals surface area contributed by atoms with Crippen LogP contribution in [-0.4, -0.2) is 23.9 Å². The van der Waals surface area contributed by atoms with Gasteiger partial charge in [-0.25, -0.2) is 8.97 Å².